The van der Waals surface area contributed by atoms with Crippen LogP contribution in [0.2, 0.25) is 0 Å². The van der Waals surface area contributed by atoms with Crippen LogP contribution in [0.5, 0.6) is 11.5 Å². The summed E-state index contributed by atoms with van der Waals surface area (Å²) < 4.78 is 47.2. The van der Waals surface area contributed by atoms with E-state index in [4.69, 9.17) is 15.9 Å². The molecule has 1 unspecified atom stereocenters. The lowest BCUT2D eigenvalue weighted by molar-refractivity contribution is -0.138. The number of amidine groups is 1. The van der Waals surface area contributed by atoms with Crippen molar-refractivity contribution in [2.75, 3.05) is 19.8 Å². The smallest absolute Gasteiger partial charge is 0.251 e. The Hall–Kier alpha value is -4.39. The standard InChI is InChI=1S/C28H28F3N5O4S/c1-16(23-10-18(13-41-23)25(32)33)35-27(39)22-11-28(31,14-29)15-36(22)24(37)12-34-26(38)17-2-6-20(7-3-17)40-21-8-4-19(30)5-9-21/h2-10,13,16,22H,11-12,14-15H2,1H3,(H3,32,33)(H,34,38)(H,35,39)/t16?,22-,28-/m0/s1. The highest BCUT2D eigenvalue weighted by molar-refractivity contribution is 7.10. The summed E-state index contributed by atoms with van der Waals surface area (Å²) in [6, 6.07) is 11.2. The van der Waals surface area contributed by atoms with Gasteiger partial charge >= 0.3 is 0 Å². The molecule has 5 N–H and O–H groups in total. The molecule has 1 aliphatic heterocycles. The van der Waals surface area contributed by atoms with Crippen LogP contribution in [0.25, 0.3) is 0 Å². The predicted octanol–water partition coefficient (Wildman–Crippen LogP) is 3.85. The second-order valence-corrected chi connectivity index (χ2v) is 10.6. The van der Waals surface area contributed by atoms with E-state index in [-0.39, 0.29) is 11.4 Å². The van der Waals surface area contributed by atoms with Gasteiger partial charge in [-0.15, -0.1) is 11.3 Å². The summed E-state index contributed by atoms with van der Waals surface area (Å²) >= 11 is 1.27. The highest BCUT2D eigenvalue weighted by atomic mass is 32.1. The number of hydrogen-bond donors (Lipinski definition) is 4. The summed E-state index contributed by atoms with van der Waals surface area (Å²) in [5, 5.41) is 14.3. The fraction of sp³-hybridized carbons (Fsp3) is 0.286. The molecule has 3 aromatic rings. The largest absolute Gasteiger partial charge is 0.457 e. The third-order valence-corrected chi connectivity index (χ3v) is 7.65. The summed E-state index contributed by atoms with van der Waals surface area (Å²) in [6.07, 6.45) is -0.527. The van der Waals surface area contributed by atoms with Crippen molar-refractivity contribution >= 4 is 34.9 Å². The van der Waals surface area contributed by atoms with Crippen LogP contribution >= 0.6 is 11.3 Å². The van der Waals surface area contributed by atoms with Crippen molar-refractivity contribution in [2.45, 2.75) is 31.1 Å². The Bertz CT molecular complexity index is 1430. The predicted molar refractivity (Wildman–Crippen MR) is 147 cm³/mol. The van der Waals surface area contributed by atoms with Gasteiger partial charge in [0.1, 0.15) is 35.9 Å². The number of ether oxygens (including phenoxy) is 1. The van der Waals surface area contributed by atoms with Crippen LogP contribution in [0, 0.1) is 11.2 Å². The van der Waals surface area contributed by atoms with Gasteiger partial charge in [-0.25, -0.2) is 13.2 Å². The Labute approximate surface area is 238 Å². The van der Waals surface area contributed by atoms with E-state index >= 15 is 0 Å². The Morgan fingerprint density at radius 1 is 1.15 bits per heavy atom. The van der Waals surface area contributed by atoms with E-state index in [0.29, 0.717) is 21.9 Å². The number of thiophene rings is 1. The third-order valence-electron chi connectivity index (χ3n) is 6.53. The van der Waals surface area contributed by atoms with Gasteiger partial charge in [-0.3, -0.25) is 19.8 Å². The molecule has 41 heavy (non-hydrogen) atoms. The maximum atomic E-state index is 15.0. The number of likely N-dealkylation sites (tertiary alicyclic amines) is 1. The first-order valence-corrected chi connectivity index (χ1v) is 13.5. The maximum absolute atomic E-state index is 15.0. The van der Waals surface area contributed by atoms with E-state index < -0.39 is 67.5 Å². The molecule has 3 atom stereocenters. The van der Waals surface area contributed by atoms with Gasteiger partial charge in [-0.2, -0.15) is 0 Å². The summed E-state index contributed by atoms with van der Waals surface area (Å²) in [7, 11) is 0. The van der Waals surface area contributed by atoms with Crippen LogP contribution in [0.4, 0.5) is 13.2 Å². The van der Waals surface area contributed by atoms with Crippen LogP contribution in [-0.4, -0.2) is 59.9 Å². The molecule has 2 heterocycles. The molecule has 0 saturated carbocycles. The SMILES string of the molecule is CC(NC(=O)[C@@H]1C[C@](F)(CF)CN1C(=O)CNC(=O)c1ccc(Oc2ccc(F)cc2)cc1)c1cc(C(=N)N)cs1. The number of benzene rings is 2. The highest BCUT2D eigenvalue weighted by Crippen LogP contribution is 2.32. The molecule has 3 amide bonds. The molecule has 2 aromatic carbocycles. The van der Waals surface area contributed by atoms with Crippen molar-refractivity contribution in [3.05, 3.63) is 81.8 Å². The number of amides is 3. The number of alkyl halides is 2. The Kier molecular flexibility index (Phi) is 8.96. The lowest BCUT2D eigenvalue weighted by Crippen LogP contribution is -2.49. The molecule has 0 bridgehead atoms. The molecule has 1 aromatic heterocycles. The van der Waals surface area contributed by atoms with Gasteiger partial charge in [-0.05, 0) is 61.5 Å². The molecular weight excluding hydrogens is 559 g/mol. The van der Waals surface area contributed by atoms with Crippen LogP contribution < -0.4 is 21.1 Å². The second-order valence-electron chi connectivity index (χ2n) is 9.67. The zero-order valence-corrected chi connectivity index (χ0v) is 22.8. The quantitative estimate of drug-likeness (QED) is 0.211. The second kappa shape index (κ2) is 12.4. The van der Waals surface area contributed by atoms with Crippen LogP contribution in [0.1, 0.15) is 40.2 Å². The summed E-state index contributed by atoms with van der Waals surface area (Å²) in [5.41, 5.74) is 3.79. The van der Waals surface area contributed by atoms with Crippen molar-refractivity contribution in [2.24, 2.45) is 5.73 Å². The molecule has 1 saturated heterocycles. The minimum Gasteiger partial charge on any atom is -0.457 e. The monoisotopic (exact) mass is 587 g/mol. The van der Waals surface area contributed by atoms with E-state index in [1.165, 1.54) is 59.9 Å². The van der Waals surface area contributed by atoms with Crippen molar-refractivity contribution in [3.63, 3.8) is 0 Å². The average molecular weight is 588 g/mol. The Morgan fingerprint density at radius 3 is 2.37 bits per heavy atom. The maximum Gasteiger partial charge on any atom is 0.251 e. The number of nitrogen functional groups attached to an aromatic ring is 1. The zero-order valence-electron chi connectivity index (χ0n) is 22.0. The number of nitrogens with zero attached hydrogens (tertiary/aromatic N) is 1. The molecule has 4 rings (SSSR count). The number of rotatable bonds is 10. The van der Waals surface area contributed by atoms with Gasteiger partial charge in [0, 0.05) is 27.8 Å². The van der Waals surface area contributed by atoms with Crippen molar-refractivity contribution < 1.29 is 32.3 Å². The normalized spacial score (nSPS) is 18.9. The van der Waals surface area contributed by atoms with E-state index in [1.54, 1.807) is 18.4 Å². The lowest BCUT2D eigenvalue weighted by Gasteiger charge is -2.25. The number of halogens is 3. The van der Waals surface area contributed by atoms with Gasteiger partial charge in [0.15, 0.2) is 5.67 Å². The summed E-state index contributed by atoms with van der Waals surface area (Å²) in [4.78, 5) is 40.3. The lowest BCUT2D eigenvalue weighted by atomic mass is 10.0. The fourth-order valence-electron chi connectivity index (χ4n) is 4.30. The molecule has 1 fully saturated rings. The van der Waals surface area contributed by atoms with Gasteiger partial charge < -0.3 is 26.0 Å². The molecule has 9 nitrogen and oxygen atoms in total. The third kappa shape index (κ3) is 7.23. The number of nitrogens with one attached hydrogen (secondary N) is 3. The molecule has 1 aliphatic rings. The number of nitrogens with two attached hydrogens (primary N) is 1. The molecular formula is C28H28F3N5O4S. The summed E-state index contributed by atoms with van der Waals surface area (Å²) in [5.74, 6) is -1.74. The van der Waals surface area contributed by atoms with Crippen LogP contribution in [0.15, 0.2) is 60.0 Å². The average Bonchev–Trinajstić information content (AvgIpc) is 3.59. The van der Waals surface area contributed by atoms with Crippen LogP contribution in [-0.2, 0) is 9.59 Å². The first kappa shape index (κ1) is 29.6. The minimum atomic E-state index is -2.39. The van der Waals surface area contributed by atoms with Crippen molar-refractivity contribution in [1.82, 2.24) is 15.5 Å². The van der Waals surface area contributed by atoms with Crippen LogP contribution in [0.3, 0.4) is 0 Å². The number of carbonyl (C=O) groups is 3. The number of carbonyl (C=O) groups excluding carboxylic acids is 3. The molecule has 0 spiro atoms. The molecule has 0 aliphatic carbocycles. The molecule has 0 radical (unpaired) electrons. The zero-order chi connectivity index (χ0) is 29.7. The minimum absolute atomic E-state index is 0.125. The van der Waals surface area contributed by atoms with E-state index in [2.05, 4.69) is 10.6 Å². The molecule has 216 valence electrons. The topological polar surface area (TPSA) is 138 Å². The number of hydrogen-bond acceptors (Lipinski definition) is 6. The van der Waals surface area contributed by atoms with E-state index in [0.717, 1.165) is 4.90 Å². The van der Waals surface area contributed by atoms with Gasteiger partial charge in [-0.1, -0.05) is 0 Å². The Morgan fingerprint density at radius 2 is 1.78 bits per heavy atom. The summed E-state index contributed by atoms with van der Waals surface area (Å²) in [6.45, 7) is -0.862. The van der Waals surface area contributed by atoms with Gasteiger partial charge in [0.2, 0.25) is 11.8 Å². The molecule has 13 heteroatoms. The van der Waals surface area contributed by atoms with E-state index in [9.17, 15) is 27.6 Å². The fourth-order valence-corrected chi connectivity index (χ4v) is 5.22. The van der Waals surface area contributed by atoms with Crippen molar-refractivity contribution in [1.29, 1.82) is 5.41 Å². The van der Waals surface area contributed by atoms with Gasteiger partial charge in [0.25, 0.3) is 5.91 Å². The van der Waals surface area contributed by atoms with E-state index in [1.807, 2.05) is 0 Å². The first-order chi connectivity index (χ1) is 19.5. The highest BCUT2D eigenvalue weighted by Gasteiger charge is 2.49. The van der Waals surface area contributed by atoms with Gasteiger partial charge in [0.05, 0.1) is 19.1 Å². The first-order valence-electron chi connectivity index (χ1n) is 12.6. The Balaban J connectivity index is 1.36. The van der Waals surface area contributed by atoms with Crippen molar-refractivity contribution in [3.8, 4) is 11.5 Å².